The van der Waals surface area contributed by atoms with E-state index in [-0.39, 0.29) is 0 Å². The van der Waals surface area contributed by atoms with Gasteiger partial charge in [0.2, 0.25) is 0 Å². The van der Waals surface area contributed by atoms with Crippen molar-refractivity contribution in [2.75, 3.05) is 0 Å². The molecule has 0 aliphatic carbocycles. The Balaban J connectivity index is 2.40. The molecular weight excluding hydrogens is 307 g/mol. The second-order valence-corrected chi connectivity index (χ2v) is 6.03. The van der Waals surface area contributed by atoms with Gasteiger partial charge in [0.05, 0.1) is 5.92 Å². The molecule has 0 aliphatic heterocycles. The van der Waals surface area contributed by atoms with E-state index in [9.17, 15) is 9.90 Å². The molecule has 0 amide bonds. The molecule has 0 saturated carbocycles. The first-order valence-electron chi connectivity index (χ1n) is 6.62. The van der Waals surface area contributed by atoms with E-state index in [1.807, 2.05) is 32.0 Å². The number of hydrogen-bond donors (Lipinski definition) is 1. The fourth-order valence-electron chi connectivity index (χ4n) is 2.35. The topological polar surface area (TPSA) is 37.3 Å². The highest BCUT2D eigenvalue weighted by Crippen LogP contribution is 2.31. The Kier molecular flexibility index (Phi) is 4.92. The van der Waals surface area contributed by atoms with Gasteiger partial charge >= 0.3 is 5.97 Å². The van der Waals surface area contributed by atoms with Crippen molar-refractivity contribution in [1.29, 1.82) is 0 Å². The van der Waals surface area contributed by atoms with Crippen LogP contribution in [0.3, 0.4) is 0 Å². The molecule has 21 heavy (non-hydrogen) atoms. The van der Waals surface area contributed by atoms with E-state index in [2.05, 4.69) is 0 Å². The normalized spacial score (nSPS) is 12.2. The van der Waals surface area contributed by atoms with Gasteiger partial charge in [-0.25, -0.2) is 0 Å². The third-order valence-corrected chi connectivity index (χ3v) is 4.13. The van der Waals surface area contributed by atoms with Crippen LogP contribution in [-0.2, 0) is 11.2 Å². The first kappa shape index (κ1) is 15.9. The molecule has 0 bridgehead atoms. The summed E-state index contributed by atoms with van der Waals surface area (Å²) in [7, 11) is 0. The molecule has 0 saturated heterocycles. The Bertz CT molecular complexity index is 680. The zero-order valence-electron chi connectivity index (χ0n) is 11.9. The summed E-state index contributed by atoms with van der Waals surface area (Å²) in [6, 6.07) is 11.0. The average Bonchev–Trinajstić information content (AvgIpc) is 2.40. The minimum Gasteiger partial charge on any atom is -0.481 e. The van der Waals surface area contributed by atoms with Crippen molar-refractivity contribution in [1.82, 2.24) is 0 Å². The molecule has 1 N–H and O–H groups in total. The summed E-state index contributed by atoms with van der Waals surface area (Å²) in [6.45, 7) is 3.98. The second-order valence-electron chi connectivity index (χ2n) is 5.19. The maximum Gasteiger partial charge on any atom is 0.311 e. The Morgan fingerprint density at radius 2 is 1.86 bits per heavy atom. The summed E-state index contributed by atoms with van der Waals surface area (Å²) >= 11 is 12.0. The van der Waals surface area contributed by atoms with E-state index in [0.717, 1.165) is 16.7 Å². The molecule has 1 atom stereocenters. The minimum absolute atomic E-state index is 0.389. The number of carboxylic acids is 1. The number of halogens is 2. The number of aryl methyl sites for hydroxylation is 2. The van der Waals surface area contributed by atoms with E-state index in [4.69, 9.17) is 23.2 Å². The van der Waals surface area contributed by atoms with Crippen molar-refractivity contribution in [3.05, 3.63) is 68.7 Å². The van der Waals surface area contributed by atoms with Crippen LogP contribution in [0, 0.1) is 13.8 Å². The lowest BCUT2D eigenvalue weighted by Crippen LogP contribution is -2.15. The molecule has 0 fully saturated rings. The van der Waals surface area contributed by atoms with Gasteiger partial charge in [-0.1, -0.05) is 53.0 Å². The molecule has 0 heterocycles. The summed E-state index contributed by atoms with van der Waals surface area (Å²) in [5.74, 6) is -1.57. The highest BCUT2D eigenvalue weighted by Gasteiger charge is 2.23. The molecule has 1 unspecified atom stereocenters. The van der Waals surface area contributed by atoms with Crippen LogP contribution in [0.1, 0.15) is 28.2 Å². The molecule has 4 heteroatoms. The fourth-order valence-corrected chi connectivity index (χ4v) is 2.89. The number of carbonyl (C=O) groups is 1. The summed E-state index contributed by atoms with van der Waals surface area (Å²) in [5.41, 5.74) is 3.81. The molecule has 2 aromatic carbocycles. The van der Waals surface area contributed by atoms with Crippen LogP contribution in [0.25, 0.3) is 0 Å². The van der Waals surface area contributed by atoms with Crippen LogP contribution in [0.15, 0.2) is 36.4 Å². The van der Waals surface area contributed by atoms with Crippen LogP contribution < -0.4 is 0 Å². The molecule has 0 radical (unpaired) electrons. The van der Waals surface area contributed by atoms with Crippen molar-refractivity contribution in [3.63, 3.8) is 0 Å². The van der Waals surface area contributed by atoms with Gasteiger partial charge in [0, 0.05) is 10.0 Å². The van der Waals surface area contributed by atoms with Gasteiger partial charge in [0.25, 0.3) is 0 Å². The van der Waals surface area contributed by atoms with Gasteiger partial charge in [-0.05, 0) is 49.1 Å². The number of carboxylic acid groups (broad SMARTS) is 1. The summed E-state index contributed by atoms with van der Waals surface area (Å²) in [4.78, 5) is 11.6. The van der Waals surface area contributed by atoms with Crippen molar-refractivity contribution in [3.8, 4) is 0 Å². The van der Waals surface area contributed by atoms with Crippen molar-refractivity contribution in [2.45, 2.75) is 26.2 Å². The Hall–Kier alpha value is -1.51. The van der Waals surface area contributed by atoms with Crippen LogP contribution >= 0.6 is 23.2 Å². The van der Waals surface area contributed by atoms with Gasteiger partial charge in [0.1, 0.15) is 0 Å². The molecule has 0 spiro atoms. The van der Waals surface area contributed by atoms with Gasteiger partial charge in [-0.2, -0.15) is 0 Å². The highest BCUT2D eigenvalue weighted by atomic mass is 35.5. The first-order chi connectivity index (χ1) is 9.88. The lowest BCUT2D eigenvalue weighted by atomic mass is 9.89. The quantitative estimate of drug-likeness (QED) is 0.857. The summed E-state index contributed by atoms with van der Waals surface area (Å²) < 4.78 is 0. The second kappa shape index (κ2) is 6.50. The van der Waals surface area contributed by atoms with Crippen LogP contribution in [0.5, 0.6) is 0 Å². The van der Waals surface area contributed by atoms with Crippen LogP contribution in [0.4, 0.5) is 0 Å². The Morgan fingerprint density at radius 1 is 1.14 bits per heavy atom. The summed E-state index contributed by atoms with van der Waals surface area (Å²) in [5, 5.41) is 10.4. The predicted molar refractivity (Wildman–Crippen MR) is 86.5 cm³/mol. The van der Waals surface area contributed by atoms with E-state index < -0.39 is 11.9 Å². The van der Waals surface area contributed by atoms with Gasteiger partial charge in [-0.3, -0.25) is 4.79 Å². The smallest absolute Gasteiger partial charge is 0.311 e. The number of hydrogen-bond acceptors (Lipinski definition) is 1. The van der Waals surface area contributed by atoms with Crippen LogP contribution in [-0.4, -0.2) is 11.1 Å². The predicted octanol–water partition coefficient (Wildman–Crippen LogP) is 5.02. The molecule has 2 nitrogen and oxygen atoms in total. The minimum atomic E-state index is -0.889. The zero-order valence-corrected chi connectivity index (χ0v) is 13.4. The Morgan fingerprint density at radius 3 is 2.48 bits per heavy atom. The summed E-state index contributed by atoms with van der Waals surface area (Å²) in [6.07, 6.45) is 0.407. The first-order valence-corrected chi connectivity index (χ1v) is 7.38. The lowest BCUT2D eigenvalue weighted by molar-refractivity contribution is -0.138. The van der Waals surface area contributed by atoms with Gasteiger partial charge < -0.3 is 5.11 Å². The van der Waals surface area contributed by atoms with E-state index in [1.54, 1.807) is 18.2 Å². The Labute approximate surface area is 134 Å². The fraction of sp³-hybridized carbons (Fsp3) is 0.235. The van der Waals surface area contributed by atoms with E-state index in [0.29, 0.717) is 22.0 Å². The zero-order chi connectivity index (χ0) is 15.6. The average molecular weight is 323 g/mol. The van der Waals surface area contributed by atoms with E-state index in [1.165, 1.54) is 0 Å². The van der Waals surface area contributed by atoms with E-state index >= 15 is 0 Å². The monoisotopic (exact) mass is 322 g/mol. The third kappa shape index (κ3) is 3.78. The number of aliphatic carboxylic acids is 1. The lowest BCUT2D eigenvalue weighted by Gasteiger charge is -2.16. The van der Waals surface area contributed by atoms with Crippen molar-refractivity contribution in [2.24, 2.45) is 0 Å². The van der Waals surface area contributed by atoms with Crippen molar-refractivity contribution < 1.29 is 9.90 Å². The van der Waals surface area contributed by atoms with Crippen LogP contribution in [0.2, 0.25) is 10.0 Å². The number of rotatable bonds is 4. The molecule has 0 aromatic heterocycles. The molecule has 2 rings (SSSR count). The SMILES string of the molecule is Cc1ccc(C)c(CC(C(=O)O)c2ccc(Cl)cc2Cl)c1. The molecule has 2 aromatic rings. The molecule has 110 valence electrons. The largest absolute Gasteiger partial charge is 0.481 e. The molecular formula is C17H16Cl2O2. The maximum absolute atomic E-state index is 11.6. The van der Waals surface area contributed by atoms with Crippen molar-refractivity contribution >= 4 is 29.2 Å². The number of benzene rings is 2. The maximum atomic E-state index is 11.6. The van der Waals surface area contributed by atoms with Gasteiger partial charge in [-0.15, -0.1) is 0 Å². The third-order valence-electron chi connectivity index (χ3n) is 3.56. The van der Waals surface area contributed by atoms with Gasteiger partial charge in [0.15, 0.2) is 0 Å². The standard InChI is InChI=1S/C17H16Cl2O2/c1-10-3-4-11(2)12(7-10)8-15(17(20)21)14-6-5-13(18)9-16(14)19/h3-7,9,15H,8H2,1-2H3,(H,20,21). The highest BCUT2D eigenvalue weighted by molar-refractivity contribution is 6.35. The molecule has 0 aliphatic rings.